The number of carbonyl (C=O) groups is 1. The van der Waals surface area contributed by atoms with Crippen molar-refractivity contribution in [2.75, 3.05) is 18.9 Å². The smallest absolute Gasteiger partial charge is 0.238 e. The number of carbonyl (C=O) groups excluding carboxylic acids is 1. The highest BCUT2D eigenvalue weighted by molar-refractivity contribution is 6.39. The summed E-state index contributed by atoms with van der Waals surface area (Å²) in [7, 11) is 3.74. The minimum absolute atomic E-state index is 0.186. The van der Waals surface area contributed by atoms with Crippen LogP contribution >= 0.6 is 23.2 Å². The van der Waals surface area contributed by atoms with Crippen molar-refractivity contribution in [2.45, 2.75) is 13.5 Å². The maximum Gasteiger partial charge on any atom is 0.238 e. The first-order valence-electron chi connectivity index (χ1n) is 8.06. The summed E-state index contributed by atoms with van der Waals surface area (Å²) in [6, 6.07) is 7.16. The summed E-state index contributed by atoms with van der Waals surface area (Å²) in [4.78, 5) is 18.6. The number of hydrogen-bond acceptors (Lipinski definition) is 4. The van der Waals surface area contributed by atoms with Gasteiger partial charge in [0.1, 0.15) is 0 Å². The Balaban J connectivity index is 1.66. The van der Waals surface area contributed by atoms with Gasteiger partial charge in [0.25, 0.3) is 0 Å². The third-order valence-corrected chi connectivity index (χ3v) is 4.64. The number of amides is 1. The minimum Gasteiger partial charge on any atom is -0.322 e. The van der Waals surface area contributed by atoms with E-state index in [2.05, 4.69) is 21.5 Å². The Morgan fingerprint density at radius 1 is 1.31 bits per heavy atom. The maximum atomic E-state index is 12.3. The van der Waals surface area contributed by atoms with Crippen LogP contribution in [0, 0.1) is 6.92 Å². The summed E-state index contributed by atoms with van der Waals surface area (Å²) in [6.07, 6.45) is 1.81. The average molecular weight is 392 g/mol. The van der Waals surface area contributed by atoms with E-state index in [-0.39, 0.29) is 12.5 Å². The molecule has 2 aromatic heterocycles. The lowest BCUT2D eigenvalue weighted by Gasteiger charge is -2.17. The van der Waals surface area contributed by atoms with Gasteiger partial charge >= 0.3 is 0 Å². The standard InChI is InChI=1S/C18H19Cl2N5O/c1-11-13-7-12(8-21-18(13)25(3)23-11)9-24(2)10-16(26)22-17-14(19)5-4-6-15(17)20/h4-8H,9-10H2,1-3H3,(H,22,26). The van der Waals surface area contributed by atoms with E-state index in [0.29, 0.717) is 22.3 Å². The molecule has 8 heteroatoms. The monoisotopic (exact) mass is 391 g/mol. The topological polar surface area (TPSA) is 63.1 Å². The van der Waals surface area contributed by atoms with Crippen LogP contribution < -0.4 is 5.32 Å². The van der Waals surface area contributed by atoms with E-state index in [9.17, 15) is 4.79 Å². The van der Waals surface area contributed by atoms with Crippen LogP contribution in [-0.4, -0.2) is 39.2 Å². The number of likely N-dealkylation sites (N-methyl/N-ethyl adjacent to an activating group) is 1. The summed E-state index contributed by atoms with van der Waals surface area (Å²) in [6.45, 7) is 2.74. The molecule has 0 aliphatic carbocycles. The molecule has 3 aromatic rings. The molecule has 136 valence electrons. The zero-order valence-corrected chi connectivity index (χ0v) is 16.3. The van der Waals surface area contributed by atoms with Gasteiger partial charge in [-0.1, -0.05) is 29.3 Å². The highest BCUT2D eigenvalue weighted by Gasteiger charge is 2.13. The summed E-state index contributed by atoms with van der Waals surface area (Å²) < 4.78 is 1.76. The normalized spacial score (nSPS) is 11.3. The molecular weight excluding hydrogens is 373 g/mol. The quantitative estimate of drug-likeness (QED) is 0.720. The first kappa shape index (κ1) is 18.6. The summed E-state index contributed by atoms with van der Waals surface area (Å²) in [5.74, 6) is -0.186. The van der Waals surface area contributed by atoms with Gasteiger partial charge in [0.2, 0.25) is 5.91 Å². The maximum absolute atomic E-state index is 12.3. The lowest BCUT2D eigenvalue weighted by atomic mass is 10.2. The third-order valence-electron chi connectivity index (χ3n) is 4.01. The number of benzene rings is 1. The molecule has 0 aliphatic heterocycles. The molecule has 0 aliphatic rings. The summed E-state index contributed by atoms with van der Waals surface area (Å²) in [5.41, 5.74) is 3.23. The number of halogens is 2. The largest absolute Gasteiger partial charge is 0.322 e. The van der Waals surface area contributed by atoms with Gasteiger partial charge in [0, 0.05) is 25.2 Å². The molecule has 0 bridgehead atoms. The van der Waals surface area contributed by atoms with Crippen molar-refractivity contribution in [3.8, 4) is 0 Å². The van der Waals surface area contributed by atoms with Crippen molar-refractivity contribution in [1.29, 1.82) is 0 Å². The SMILES string of the molecule is Cc1nn(C)c2ncc(CN(C)CC(=O)Nc3c(Cl)cccc3Cl)cc12. The molecule has 1 amide bonds. The molecular formula is C18H19Cl2N5O. The van der Waals surface area contributed by atoms with Crippen molar-refractivity contribution in [3.05, 3.63) is 51.8 Å². The van der Waals surface area contributed by atoms with Crippen LogP contribution in [-0.2, 0) is 18.4 Å². The Morgan fingerprint density at radius 2 is 2.00 bits per heavy atom. The first-order chi connectivity index (χ1) is 12.3. The van der Waals surface area contributed by atoms with Crippen LogP contribution in [0.4, 0.5) is 5.69 Å². The molecule has 0 radical (unpaired) electrons. The Kier molecular flexibility index (Phi) is 5.46. The van der Waals surface area contributed by atoms with E-state index in [1.807, 2.05) is 32.1 Å². The molecule has 0 unspecified atom stereocenters. The van der Waals surface area contributed by atoms with Crippen LogP contribution in [0.15, 0.2) is 30.5 Å². The molecule has 0 fully saturated rings. The van der Waals surface area contributed by atoms with Gasteiger partial charge in [0.05, 0.1) is 28.0 Å². The fraction of sp³-hybridized carbons (Fsp3) is 0.278. The van der Waals surface area contributed by atoms with Crippen molar-refractivity contribution >= 4 is 45.8 Å². The number of nitrogens with one attached hydrogen (secondary N) is 1. The van der Waals surface area contributed by atoms with Crippen molar-refractivity contribution in [2.24, 2.45) is 7.05 Å². The predicted octanol–water partition coefficient (Wildman–Crippen LogP) is 3.65. The molecule has 0 atom stereocenters. The Labute approximate surface area is 161 Å². The van der Waals surface area contributed by atoms with Crippen LogP contribution in [0.25, 0.3) is 11.0 Å². The van der Waals surface area contributed by atoms with Gasteiger partial charge in [-0.15, -0.1) is 0 Å². The highest BCUT2D eigenvalue weighted by atomic mass is 35.5. The van der Waals surface area contributed by atoms with Crippen molar-refractivity contribution < 1.29 is 4.79 Å². The van der Waals surface area contributed by atoms with E-state index < -0.39 is 0 Å². The summed E-state index contributed by atoms with van der Waals surface area (Å²) >= 11 is 12.2. The molecule has 1 aromatic carbocycles. The van der Waals surface area contributed by atoms with Gasteiger partial charge < -0.3 is 5.32 Å². The fourth-order valence-corrected chi connectivity index (χ4v) is 3.34. The number of fused-ring (bicyclic) bond motifs is 1. The first-order valence-corrected chi connectivity index (χ1v) is 8.81. The average Bonchev–Trinajstić information content (AvgIpc) is 2.85. The molecule has 0 saturated carbocycles. The molecule has 26 heavy (non-hydrogen) atoms. The zero-order chi connectivity index (χ0) is 18.8. The number of hydrogen-bond donors (Lipinski definition) is 1. The van der Waals surface area contributed by atoms with E-state index >= 15 is 0 Å². The van der Waals surface area contributed by atoms with E-state index in [4.69, 9.17) is 23.2 Å². The Hall–Kier alpha value is -2.15. The van der Waals surface area contributed by atoms with Crippen molar-refractivity contribution in [1.82, 2.24) is 19.7 Å². The van der Waals surface area contributed by atoms with Gasteiger partial charge in [-0.3, -0.25) is 14.4 Å². The second kappa shape index (κ2) is 7.61. The Morgan fingerprint density at radius 3 is 2.69 bits per heavy atom. The molecule has 3 rings (SSSR count). The molecule has 0 saturated heterocycles. The third kappa shape index (κ3) is 3.98. The second-order valence-corrected chi connectivity index (χ2v) is 7.06. The molecule has 1 N–H and O–H groups in total. The van der Waals surface area contributed by atoms with Crippen LogP contribution in [0.2, 0.25) is 10.0 Å². The predicted molar refractivity (Wildman–Crippen MR) is 105 cm³/mol. The van der Waals surface area contributed by atoms with Crippen LogP contribution in [0.1, 0.15) is 11.3 Å². The lowest BCUT2D eigenvalue weighted by Crippen LogP contribution is -2.30. The van der Waals surface area contributed by atoms with E-state index in [1.54, 1.807) is 22.9 Å². The van der Waals surface area contributed by atoms with Crippen molar-refractivity contribution in [3.63, 3.8) is 0 Å². The Bertz CT molecular complexity index is 949. The minimum atomic E-state index is -0.186. The van der Waals surface area contributed by atoms with Gasteiger partial charge in [-0.25, -0.2) is 4.98 Å². The van der Waals surface area contributed by atoms with Crippen LogP contribution in [0.3, 0.4) is 0 Å². The number of aromatic nitrogens is 3. The van der Waals surface area contributed by atoms with Crippen LogP contribution in [0.5, 0.6) is 0 Å². The van der Waals surface area contributed by atoms with E-state index in [0.717, 1.165) is 22.3 Å². The lowest BCUT2D eigenvalue weighted by molar-refractivity contribution is -0.117. The number of rotatable bonds is 5. The number of anilines is 1. The number of para-hydroxylation sites is 1. The fourth-order valence-electron chi connectivity index (χ4n) is 2.85. The number of aryl methyl sites for hydroxylation is 2. The van der Waals surface area contributed by atoms with Gasteiger partial charge in [0.15, 0.2) is 5.65 Å². The highest BCUT2D eigenvalue weighted by Crippen LogP contribution is 2.29. The molecule has 6 nitrogen and oxygen atoms in total. The molecule has 2 heterocycles. The van der Waals surface area contributed by atoms with Gasteiger partial charge in [-0.05, 0) is 37.7 Å². The molecule has 0 spiro atoms. The number of pyridine rings is 1. The van der Waals surface area contributed by atoms with Gasteiger partial charge in [-0.2, -0.15) is 5.10 Å². The number of nitrogens with zero attached hydrogens (tertiary/aromatic N) is 4. The zero-order valence-electron chi connectivity index (χ0n) is 14.8. The summed E-state index contributed by atoms with van der Waals surface area (Å²) in [5, 5.41) is 8.98. The van der Waals surface area contributed by atoms with E-state index in [1.165, 1.54) is 0 Å². The second-order valence-electron chi connectivity index (χ2n) is 6.24.